The van der Waals surface area contributed by atoms with Gasteiger partial charge >= 0.3 is 0 Å². The number of aryl methyl sites for hydroxylation is 1. The fourth-order valence-corrected chi connectivity index (χ4v) is 5.33. The van der Waals surface area contributed by atoms with Gasteiger partial charge in [0.05, 0.1) is 22.3 Å². The second kappa shape index (κ2) is 8.84. The van der Waals surface area contributed by atoms with Gasteiger partial charge in [-0.1, -0.05) is 42.1 Å². The molecule has 0 unspecified atom stereocenters. The predicted octanol–water partition coefficient (Wildman–Crippen LogP) is 4.15. The van der Waals surface area contributed by atoms with Crippen LogP contribution in [0, 0.1) is 6.92 Å². The zero-order chi connectivity index (χ0) is 22.9. The largest absolute Gasteiger partial charge is 0.341 e. The molecule has 3 aromatic heterocycles. The zero-order valence-corrected chi connectivity index (χ0v) is 19.8. The van der Waals surface area contributed by atoms with E-state index in [0.29, 0.717) is 28.4 Å². The number of carbonyl (C=O) groups is 1. The average Bonchev–Trinajstić information content (AvgIpc) is 3.49. The van der Waals surface area contributed by atoms with Gasteiger partial charge in [0.15, 0.2) is 5.16 Å². The van der Waals surface area contributed by atoms with Crippen molar-refractivity contribution in [2.45, 2.75) is 18.6 Å². The summed E-state index contributed by atoms with van der Waals surface area (Å²) in [6.07, 6.45) is 0. The Morgan fingerprint density at radius 2 is 1.88 bits per heavy atom. The van der Waals surface area contributed by atoms with Crippen LogP contribution in [0.5, 0.6) is 0 Å². The van der Waals surface area contributed by atoms with Crippen LogP contribution in [0.15, 0.2) is 75.3 Å². The number of carbonyl (C=O) groups excluding carboxylic acids is 1. The highest BCUT2D eigenvalue weighted by atomic mass is 32.2. The number of amides is 1. The lowest BCUT2D eigenvalue weighted by Crippen LogP contribution is -2.27. The molecule has 0 saturated carbocycles. The van der Waals surface area contributed by atoms with Gasteiger partial charge in [-0.05, 0) is 53.1 Å². The normalized spacial score (nSPS) is 11.3. The number of rotatable bonds is 6. The molecule has 0 aliphatic rings. The molecule has 5 rings (SSSR count). The van der Waals surface area contributed by atoms with Gasteiger partial charge in [0, 0.05) is 13.6 Å². The molecule has 0 bridgehead atoms. The van der Waals surface area contributed by atoms with Crippen molar-refractivity contribution in [3.8, 4) is 5.69 Å². The van der Waals surface area contributed by atoms with E-state index in [0.717, 1.165) is 16.8 Å². The zero-order valence-electron chi connectivity index (χ0n) is 18.1. The van der Waals surface area contributed by atoms with Crippen LogP contribution < -0.4 is 5.56 Å². The molecule has 7 nitrogen and oxygen atoms in total. The second-order valence-corrected chi connectivity index (χ2v) is 9.45. The van der Waals surface area contributed by atoms with Crippen LogP contribution in [0.3, 0.4) is 0 Å². The number of hydrogen-bond acceptors (Lipinski definition) is 6. The summed E-state index contributed by atoms with van der Waals surface area (Å²) in [6, 6.07) is 17.1. The third-order valence-corrected chi connectivity index (χ3v) is 7.15. The molecule has 1 amide bonds. The number of aromatic nitrogens is 4. The molecule has 0 radical (unpaired) electrons. The summed E-state index contributed by atoms with van der Waals surface area (Å²) in [5.41, 5.74) is 3.40. The molecule has 5 aromatic rings. The molecule has 0 aliphatic heterocycles. The average molecular weight is 476 g/mol. The van der Waals surface area contributed by atoms with Crippen molar-refractivity contribution in [2.75, 3.05) is 12.8 Å². The first kappa shape index (κ1) is 21.4. The van der Waals surface area contributed by atoms with Crippen molar-refractivity contribution in [1.82, 2.24) is 24.1 Å². The van der Waals surface area contributed by atoms with Crippen LogP contribution >= 0.6 is 23.1 Å². The standard InChI is InChI=1S/C24H21N5O2S2/c1-16-7-3-5-9-19(16)28-22(31)18-8-4-6-10-20(18)29-23(28)25-26-24(29)33-15-21(30)27(2)13-17-11-12-32-14-17/h3-12,14H,13,15H2,1-2H3. The number of nitrogens with zero attached hydrogens (tertiary/aromatic N) is 5. The van der Waals surface area contributed by atoms with Gasteiger partial charge in [0.1, 0.15) is 0 Å². The summed E-state index contributed by atoms with van der Waals surface area (Å²) in [7, 11) is 1.80. The Balaban J connectivity index is 1.55. The first-order valence-corrected chi connectivity index (χ1v) is 12.3. The highest BCUT2D eigenvalue weighted by Crippen LogP contribution is 2.24. The number of benzene rings is 2. The molecule has 0 N–H and O–H groups in total. The van der Waals surface area contributed by atoms with Crippen molar-refractivity contribution in [3.63, 3.8) is 0 Å². The monoisotopic (exact) mass is 475 g/mol. The van der Waals surface area contributed by atoms with Crippen molar-refractivity contribution >= 4 is 45.7 Å². The molecule has 0 spiro atoms. The highest BCUT2D eigenvalue weighted by molar-refractivity contribution is 7.99. The molecular weight excluding hydrogens is 454 g/mol. The van der Waals surface area contributed by atoms with Crippen LogP contribution in [0.25, 0.3) is 22.4 Å². The Kier molecular flexibility index (Phi) is 5.74. The third-order valence-electron chi connectivity index (χ3n) is 5.50. The summed E-state index contributed by atoms with van der Waals surface area (Å²) in [4.78, 5) is 27.9. The number of thioether (sulfide) groups is 1. The summed E-state index contributed by atoms with van der Waals surface area (Å²) in [6.45, 7) is 2.53. The van der Waals surface area contributed by atoms with Gasteiger partial charge in [-0.25, -0.2) is 4.57 Å². The first-order valence-electron chi connectivity index (χ1n) is 10.4. The first-order chi connectivity index (χ1) is 16.0. The summed E-state index contributed by atoms with van der Waals surface area (Å²) < 4.78 is 3.46. The van der Waals surface area contributed by atoms with E-state index in [-0.39, 0.29) is 17.2 Å². The Bertz CT molecular complexity index is 1520. The van der Waals surface area contributed by atoms with E-state index in [1.807, 2.05) is 70.6 Å². The van der Waals surface area contributed by atoms with Crippen molar-refractivity contribution in [2.24, 2.45) is 0 Å². The smallest absolute Gasteiger partial charge is 0.267 e. The molecule has 0 saturated heterocycles. The third kappa shape index (κ3) is 3.94. The summed E-state index contributed by atoms with van der Waals surface area (Å²) in [5, 5.41) is 13.9. The Labute approximate surface area is 198 Å². The van der Waals surface area contributed by atoms with Gasteiger partial charge in [0.25, 0.3) is 5.56 Å². The number of thiophene rings is 1. The maximum atomic E-state index is 13.4. The molecule has 9 heteroatoms. The highest BCUT2D eigenvalue weighted by Gasteiger charge is 2.20. The fraction of sp³-hybridized carbons (Fsp3) is 0.167. The van der Waals surface area contributed by atoms with Gasteiger partial charge in [-0.2, -0.15) is 11.3 Å². The predicted molar refractivity (Wildman–Crippen MR) is 132 cm³/mol. The molecule has 0 aliphatic carbocycles. The second-order valence-electron chi connectivity index (χ2n) is 7.73. The quantitative estimate of drug-likeness (QED) is 0.345. The van der Waals surface area contributed by atoms with Crippen molar-refractivity contribution in [3.05, 3.63) is 86.8 Å². The van der Waals surface area contributed by atoms with Crippen LogP contribution in [-0.2, 0) is 11.3 Å². The van der Waals surface area contributed by atoms with E-state index in [1.165, 1.54) is 11.8 Å². The lowest BCUT2D eigenvalue weighted by atomic mass is 10.2. The summed E-state index contributed by atoms with van der Waals surface area (Å²) >= 11 is 2.94. The van der Waals surface area contributed by atoms with Gasteiger partial charge in [-0.3, -0.25) is 14.0 Å². The Morgan fingerprint density at radius 1 is 1.09 bits per heavy atom. The SMILES string of the molecule is Cc1ccccc1-n1c(=O)c2ccccc2n2c(SCC(=O)N(C)Cc3ccsc3)nnc12. The fourth-order valence-electron chi connectivity index (χ4n) is 3.78. The minimum absolute atomic E-state index is 0.000481. The van der Waals surface area contributed by atoms with Crippen LogP contribution in [-0.4, -0.2) is 42.8 Å². The number of hydrogen-bond donors (Lipinski definition) is 0. The van der Waals surface area contributed by atoms with Crippen LogP contribution in [0.1, 0.15) is 11.1 Å². The lowest BCUT2D eigenvalue weighted by Gasteiger charge is -2.16. The van der Waals surface area contributed by atoms with E-state index in [2.05, 4.69) is 10.2 Å². The number of fused-ring (bicyclic) bond motifs is 3. The van der Waals surface area contributed by atoms with E-state index in [1.54, 1.807) is 33.9 Å². The lowest BCUT2D eigenvalue weighted by molar-refractivity contribution is -0.127. The molecule has 0 atom stereocenters. The van der Waals surface area contributed by atoms with Gasteiger partial charge in [0.2, 0.25) is 11.7 Å². The minimum Gasteiger partial charge on any atom is -0.341 e. The summed E-state index contributed by atoms with van der Waals surface area (Å²) in [5.74, 6) is 0.647. The molecule has 33 heavy (non-hydrogen) atoms. The van der Waals surface area contributed by atoms with Crippen LogP contribution in [0.4, 0.5) is 0 Å². The maximum absolute atomic E-state index is 13.4. The van der Waals surface area contributed by atoms with Crippen molar-refractivity contribution < 1.29 is 4.79 Å². The van der Waals surface area contributed by atoms with E-state index in [4.69, 9.17) is 0 Å². The molecule has 0 fully saturated rings. The molecule has 166 valence electrons. The van der Waals surface area contributed by atoms with E-state index in [9.17, 15) is 9.59 Å². The van der Waals surface area contributed by atoms with Crippen LogP contribution in [0.2, 0.25) is 0 Å². The Hall–Kier alpha value is -3.43. The van der Waals surface area contributed by atoms with E-state index < -0.39 is 0 Å². The Morgan fingerprint density at radius 3 is 2.67 bits per heavy atom. The van der Waals surface area contributed by atoms with E-state index >= 15 is 0 Å². The topological polar surface area (TPSA) is 72.5 Å². The minimum atomic E-state index is -0.150. The maximum Gasteiger partial charge on any atom is 0.267 e. The number of para-hydroxylation sites is 2. The van der Waals surface area contributed by atoms with Gasteiger partial charge < -0.3 is 4.90 Å². The van der Waals surface area contributed by atoms with Crippen molar-refractivity contribution in [1.29, 1.82) is 0 Å². The molecule has 3 heterocycles. The van der Waals surface area contributed by atoms with Gasteiger partial charge in [-0.15, -0.1) is 10.2 Å². The molecule has 2 aromatic carbocycles. The molecular formula is C24H21N5O2S2.